The highest BCUT2D eigenvalue weighted by Crippen LogP contribution is 2.35. The third-order valence-corrected chi connectivity index (χ3v) is 4.65. The molecule has 3 heterocycles. The highest BCUT2D eigenvalue weighted by Gasteiger charge is 2.45. The molecule has 142 valence electrons. The van der Waals surface area contributed by atoms with Crippen LogP contribution in [0.1, 0.15) is 6.23 Å². The fraction of sp³-hybridized carbons (Fsp3) is 0.312. The summed E-state index contributed by atoms with van der Waals surface area (Å²) in [6, 6.07) is 6.49. The number of aliphatic hydroxyl groups excluding tert-OH is 3. The fourth-order valence-electron chi connectivity index (χ4n) is 3.10. The number of ether oxygens (including phenoxy) is 1. The molecule has 1 saturated heterocycles. The minimum absolute atomic E-state index is 0.0720. The van der Waals surface area contributed by atoms with Crippen molar-refractivity contribution >= 4 is 28.7 Å². The molecule has 0 radical (unpaired) electrons. The number of rotatable bonds is 3. The Bertz CT molecular complexity index is 1100. The lowest BCUT2D eigenvalue weighted by Gasteiger charge is -2.19. The lowest BCUT2D eigenvalue weighted by atomic mass is 10.1. The number of nitrogens with two attached hydrogens (primary N) is 1. The van der Waals surface area contributed by atoms with Crippen LogP contribution in [0.25, 0.3) is 22.6 Å². The molecule has 0 bridgehead atoms. The van der Waals surface area contributed by atoms with Crippen LogP contribution in [0.4, 0.5) is 5.95 Å². The van der Waals surface area contributed by atoms with Gasteiger partial charge in [0, 0.05) is 10.6 Å². The number of halogens is 1. The molecule has 0 amide bonds. The van der Waals surface area contributed by atoms with Crippen molar-refractivity contribution in [3.05, 3.63) is 39.6 Å². The Morgan fingerprint density at radius 1 is 1.30 bits per heavy atom. The Balaban J connectivity index is 2.03. The first kappa shape index (κ1) is 16.7. The van der Waals surface area contributed by atoms with Crippen molar-refractivity contribution in [3.63, 3.8) is 0 Å². The summed E-state index contributed by atoms with van der Waals surface area (Å²) >= 11 is 5.93. The standard InChI is InChI=1S/C16H16ClN5O5/c17-7-3-1-6(2-4-7)12-19-9-13(20-16(18)21-14(9)26)22(12)15-11(25)10(24)8(5-23)27-15/h1-4,8,10-11,15,23-25H,5H2,(H3,18,20,21,26)/t8-,10-,11-,15-/m1/s1/i/hD. The number of benzene rings is 1. The van der Waals surface area contributed by atoms with Crippen molar-refractivity contribution in [2.24, 2.45) is 0 Å². The lowest BCUT2D eigenvalue weighted by Crippen LogP contribution is -2.33. The van der Waals surface area contributed by atoms with E-state index >= 15 is 0 Å². The van der Waals surface area contributed by atoms with Gasteiger partial charge in [0.05, 0.1) is 6.61 Å². The number of H-pyrrole nitrogens is 1. The second-order valence-corrected chi connectivity index (χ2v) is 6.54. The first-order valence-electron chi connectivity index (χ1n) is 8.46. The number of imidazole rings is 1. The molecule has 0 unspecified atom stereocenters. The molecule has 0 aliphatic carbocycles. The number of fused-ring (bicyclic) bond motifs is 1. The van der Waals surface area contributed by atoms with Crippen molar-refractivity contribution in [1.82, 2.24) is 19.5 Å². The Labute approximate surface area is 158 Å². The third-order valence-electron chi connectivity index (χ3n) is 4.40. The smallest absolute Gasteiger partial charge is 0.302 e. The summed E-state index contributed by atoms with van der Waals surface area (Å²) in [6.07, 6.45) is -5.12. The van der Waals surface area contributed by atoms with Crippen LogP contribution in [0.5, 0.6) is 0 Å². The molecular formula is C16H16ClN5O5. The summed E-state index contributed by atoms with van der Waals surface area (Å²) in [5.74, 6) is -0.208. The van der Waals surface area contributed by atoms with Crippen LogP contribution in [0.15, 0.2) is 29.1 Å². The van der Waals surface area contributed by atoms with E-state index in [2.05, 4.69) is 9.97 Å². The molecule has 2 aromatic heterocycles. The van der Waals surface area contributed by atoms with Crippen LogP contribution in [-0.2, 0) is 4.74 Å². The molecule has 3 aromatic rings. The minimum atomic E-state index is -1.45. The highest BCUT2D eigenvalue weighted by molar-refractivity contribution is 6.30. The van der Waals surface area contributed by atoms with E-state index in [1.807, 2.05) is 0 Å². The minimum Gasteiger partial charge on any atom is -0.394 e. The van der Waals surface area contributed by atoms with Gasteiger partial charge >= 0.3 is 5.56 Å². The van der Waals surface area contributed by atoms with Crippen molar-refractivity contribution in [3.8, 4) is 11.4 Å². The topological polar surface area (TPSA) is 160 Å². The maximum absolute atomic E-state index is 12.3. The number of hydrogen-bond acceptors (Lipinski definition) is 8. The van der Waals surface area contributed by atoms with Gasteiger partial charge in [0.2, 0.25) is 5.95 Å². The van der Waals surface area contributed by atoms with Crippen molar-refractivity contribution in [1.29, 1.82) is 0 Å². The van der Waals surface area contributed by atoms with Gasteiger partial charge in [0.25, 0.3) is 0 Å². The average Bonchev–Trinajstić information content (AvgIpc) is 3.20. The Morgan fingerprint density at radius 3 is 2.63 bits per heavy atom. The van der Waals surface area contributed by atoms with E-state index in [0.29, 0.717) is 15.6 Å². The molecule has 1 aromatic carbocycles. The van der Waals surface area contributed by atoms with Gasteiger partial charge in [-0.05, 0) is 24.3 Å². The summed E-state index contributed by atoms with van der Waals surface area (Å²) in [7, 11) is 0. The summed E-state index contributed by atoms with van der Waals surface area (Å²) in [5.41, 5.74) is 5.18. The monoisotopic (exact) mass is 394 g/mol. The largest absolute Gasteiger partial charge is 0.394 e. The second kappa shape index (κ2) is 6.59. The molecule has 10 nitrogen and oxygen atoms in total. The predicted molar refractivity (Wildman–Crippen MR) is 96.0 cm³/mol. The SMILES string of the molecule is [2H]n1c(N)nc(=O)c2nc(-c3ccc(Cl)cc3)n([C@@H]3O[C@H](CO)[C@@H](O)[C@H]3O)c21. The van der Waals surface area contributed by atoms with E-state index in [0.717, 1.165) is 0 Å². The van der Waals surface area contributed by atoms with Gasteiger partial charge in [-0.25, -0.2) is 4.98 Å². The van der Waals surface area contributed by atoms with Gasteiger partial charge < -0.3 is 30.8 Å². The molecule has 27 heavy (non-hydrogen) atoms. The first-order valence-corrected chi connectivity index (χ1v) is 8.39. The van der Waals surface area contributed by atoms with Crippen molar-refractivity contribution in [2.75, 3.05) is 12.3 Å². The van der Waals surface area contributed by atoms with Crippen molar-refractivity contribution in [2.45, 2.75) is 24.5 Å². The molecule has 1 aliphatic heterocycles. The van der Waals surface area contributed by atoms with Gasteiger partial charge in [-0.1, -0.05) is 11.6 Å². The summed E-state index contributed by atoms with van der Waals surface area (Å²) in [5, 5.41) is 30.5. The van der Waals surface area contributed by atoms with Crippen LogP contribution >= 0.6 is 11.6 Å². The molecule has 0 spiro atoms. The Morgan fingerprint density at radius 2 is 2.00 bits per heavy atom. The molecular weight excluding hydrogens is 378 g/mol. The number of nitrogen functional groups attached to an aromatic ring is 1. The zero-order chi connectivity index (χ0) is 20.2. The van der Waals surface area contributed by atoms with Gasteiger partial charge in [0.15, 0.2) is 13.2 Å². The summed E-state index contributed by atoms with van der Waals surface area (Å²) in [6.45, 7) is -0.533. The fourth-order valence-corrected chi connectivity index (χ4v) is 3.23. The van der Waals surface area contributed by atoms with E-state index in [1.165, 1.54) is 4.57 Å². The number of aliphatic hydroxyl groups is 3. The Hall–Kier alpha value is -2.50. The highest BCUT2D eigenvalue weighted by atomic mass is 35.5. The lowest BCUT2D eigenvalue weighted by molar-refractivity contribution is -0.0503. The van der Waals surface area contributed by atoms with E-state index in [1.54, 1.807) is 24.3 Å². The van der Waals surface area contributed by atoms with Crippen LogP contribution in [0.2, 0.25) is 6.43 Å². The molecule has 11 heteroatoms. The van der Waals surface area contributed by atoms with E-state index < -0.39 is 36.7 Å². The quantitative estimate of drug-likeness (QED) is 0.402. The number of aromatic amines is 1. The number of hydrogen-bond donors (Lipinski definition) is 5. The number of nitrogens with one attached hydrogen (secondary N) is 1. The van der Waals surface area contributed by atoms with Gasteiger partial charge in [-0.15, -0.1) is 0 Å². The van der Waals surface area contributed by atoms with Gasteiger partial charge in [-0.2, -0.15) is 4.98 Å². The van der Waals surface area contributed by atoms with Crippen LogP contribution < -0.4 is 11.3 Å². The molecule has 1 fully saturated rings. The predicted octanol–water partition coefficient (Wildman–Crippen LogP) is -0.366. The van der Waals surface area contributed by atoms with Gasteiger partial charge in [-0.3, -0.25) is 9.36 Å². The van der Waals surface area contributed by atoms with Crippen molar-refractivity contribution < 1.29 is 21.5 Å². The zero-order valence-corrected chi connectivity index (χ0v) is 14.5. The molecule has 1 aliphatic rings. The summed E-state index contributed by atoms with van der Waals surface area (Å²) < 4.78 is 15.1. The molecule has 4 atom stereocenters. The average molecular weight is 395 g/mol. The molecule has 0 saturated carbocycles. The second-order valence-electron chi connectivity index (χ2n) is 6.10. The maximum atomic E-state index is 12.3. The van der Waals surface area contributed by atoms with Crippen LogP contribution in [-0.4, -0.2) is 59.8 Å². The summed E-state index contributed by atoms with van der Waals surface area (Å²) in [4.78, 5) is 20.8. The molecule has 4 rings (SSSR count). The normalized spacial score (nSPS) is 25.9. The third kappa shape index (κ3) is 2.87. The van der Waals surface area contributed by atoms with Crippen LogP contribution in [0.3, 0.4) is 0 Å². The first-order chi connectivity index (χ1) is 13.3. The Kier molecular flexibility index (Phi) is 4.06. The number of aromatic nitrogens is 4. The number of nitrogens with zero attached hydrogens (tertiary/aromatic N) is 3. The molecule has 6 N–H and O–H groups in total. The van der Waals surface area contributed by atoms with Crippen LogP contribution in [0, 0.1) is 0 Å². The maximum Gasteiger partial charge on any atom is 0.302 e. The van der Waals surface area contributed by atoms with Gasteiger partial charge in [0.1, 0.15) is 29.8 Å². The van der Waals surface area contributed by atoms with E-state index in [9.17, 15) is 20.1 Å². The zero-order valence-electron chi connectivity index (χ0n) is 14.7. The van der Waals surface area contributed by atoms with E-state index in [4.69, 9.17) is 23.5 Å². The number of anilines is 1. The van der Waals surface area contributed by atoms with E-state index in [-0.39, 0.29) is 22.9 Å².